The topological polar surface area (TPSA) is 3.24 Å². The third-order valence-electron chi connectivity index (χ3n) is 10.6. The van der Waals surface area contributed by atoms with Crippen molar-refractivity contribution in [1.82, 2.24) is 0 Å². The summed E-state index contributed by atoms with van der Waals surface area (Å²) in [5.41, 5.74) is 8.93. The first-order chi connectivity index (χ1) is 21.8. The lowest BCUT2D eigenvalue weighted by Crippen LogP contribution is -2.43. The molecule has 2 heterocycles. The summed E-state index contributed by atoms with van der Waals surface area (Å²) in [6, 6.07) is 47.4. The van der Waals surface area contributed by atoms with Crippen LogP contribution in [0.15, 0.2) is 127 Å². The van der Waals surface area contributed by atoms with Gasteiger partial charge in [0.1, 0.15) is 0 Å². The fourth-order valence-electron chi connectivity index (χ4n) is 7.64. The molecule has 1 aliphatic carbocycles. The van der Waals surface area contributed by atoms with Gasteiger partial charge in [0, 0.05) is 62.8 Å². The maximum atomic E-state index is 2.47. The van der Waals surface area contributed by atoms with Crippen molar-refractivity contribution in [3.63, 3.8) is 0 Å². The second-order valence-electron chi connectivity index (χ2n) is 13.4. The van der Waals surface area contributed by atoms with E-state index in [1.807, 2.05) is 22.7 Å². The van der Waals surface area contributed by atoms with Gasteiger partial charge in [0.25, 0.3) is 0 Å². The van der Waals surface area contributed by atoms with Gasteiger partial charge in [-0.25, -0.2) is 0 Å². The molecule has 3 heteroatoms. The number of hydrogen-bond donors (Lipinski definition) is 0. The van der Waals surface area contributed by atoms with Gasteiger partial charge in [-0.3, -0.25) is 0 Å². The van der Waals surface area contributed by atoms with Crippen LogP contribution in [0.4, 0.5) is 17.1 Å². The summed E-state index contributed by atoms with van der Waals surface area (Å²) in [5.74, 6) is 0. The molecule has 0 amide bonds. The first kappa shape index (κ1) is 26.9. The molecule has 0 unspecified atom stereocenters. The van der Waals surface area contributed by atoms with E-state index in [0.717, 1.165) is 5.69 Å². The molecule has 0 saturated heterocycles. The van der Waals surface area contributed by atoms with E-state index in [9.17, 15) is 0 Å². The van der Waals surface area contributed by atoms with Crippen molar-refractivity contribution in [3.05, 3.63) is 139 Å². The molecule has 0 saturated carbocycles. The van der Waals surface area contributed by atoms with Gasteiger partial charge in [0.15, 0.2) is 0 Å². The molecular weight excluding hydrogens is 583 g/mol. The summed E-state index contributed by atoms with van der Waals surface area (Å²) in [6.45, 7) is 9.81. The number of benzene rings is 6. The first-order valence-corrected chi connectivity index (χ1v) is 17.3. The highest BCUT2D eigenvalue weighted by Crippen LogP contribution is 2.58. The lowest BCUT2D eigenvalue weighted by atomic mass is 9.55. The van der Waals surface area contributed by atoms with Crippen molar-refractivity contribution in [3.8, 4) is 11.1 Å². The van der Waals surface area contributed by atoms with Crippen LogP contribution in [0.3, 0.4) is 0 Å². The predicted octanol–water partition coefficient (Wildman–Crippen LogP) is 13.1. The van der Waals surface area contributed by atoms with Crippen LogP contribution in [0.25, 0.3) is 51.5 Å². The van der Waals surface area contributed by atoms with Crippen molar-refractivity contribution in [2.75, 3.05) is 4.90 Å². The fourth-order valence-corrected chi connectivity index (χ4v) is 9.84. The standard InChI is InChI=1S/C42H33NS2/c1-41(2)34-25-28(18-20-29(34)31-21-23-38-39(40(31)42(41,3)4)32-15-9-11-17-36(32)45-38)43(26-12-6-5-7-13-26)27-19-22-37-33(24-27)30-14-8-10-16-35(30)44-37/h5-25H,1-4H3. The van der Waals surface area contributed by atoms with Gasteiger partial charge in [0.05, 0.1) is 0 Å². The van der Waals surface area contributed by atoms with Crippen molar-refractivity contribution in [2.45, 2.75) is 38.5 Å². The summed E-state index contributed by atoms with van der Waals surface area (Å²) in [7, 11) is 0. The quantitative estimate of drug-likeness (QED) is 0.191. The van der Waals surface area contributed by atoms with E-state index in [4.69, 9.17) is 0 Å². The molecule has 0 radical (unpaired) electrons. The third-order valence-corrected chi connectivity index (χ3v) is 12.9. The molecule has 1 aliphatic rings. The second kappa shape index (κ2) is 9.53. The Balaban J connectivity index is 1.29. The molecule has 0 atom stereocenters. The van der Waals surface area contributed by atoms with E-state index in [2.05, 4.69) is 160 Å². The smallest absolute Gasteiger partial charge is 0.0468 e. The highest BCUT2D eigenvalue weighted by Gasteiger charge is 2.47. The van der Waals surface area contributed by atoms with E-state index in [1.54, 1.807) is 0 Å². The minimum atomic E-state index is -0.113. The summed E-state index contributed by atoms with van der Waals surface area (Å²) in [6.07, 6.45) is 0. The monoisotopic (exact) mass is 615 g/mol. The Bertz CT molecular complexity index is 2440. The normalized spacial score (nSPS) is 15.0. The van der Waals surface area contributed by atoms with Crippen LogP contribution in [0.2, 0.25) is 0 Å². The van der Waals surface area contributed by atoms with Crippen LogP contribution >= 0.6 is 22.7 Å². The summed E-state index contributed by atoms with van der Waals surface area (Å²) in [5, 5.41) is 5.45. The van der Waals surface area contributed by atoms with Crippen molar-refractivity contribution in [1.29, 1.82) is 0 Å². The van der Waals surface area contributed by atoms with E-state index in [1.165, 1.54) is 74.0 Å². The largest absolute Gasteiger partial charge is 0.310 e. The number of rotatable bonds is 3. The Morgan fingerprint density at radius 3 is 1.82 bits per heavy atom. The summed E-state index contributed by atoms with van der Waals surface area (Å²) >= 11 is 3.78. The van der Waals surface area contributed by atoms with Crippen LogP contribution in [0, 0.1) is 0 Å². The molecule has 6 aromatic carbocycles. The lowest BCUT2D eigenvalue weighted by molar-refractivity contribution is 0.301. The summed E-state index contributed by atoms with van der Waals surface area (Å²) in [4.78, 5) is 2.43. The molecule has 2 aromatic heterocycles. The molecule has 0 fully saturated rings. The van der Waals surface area contributed by atoms with Crippen LogP contribution in [-0.4, -0.2) is 0 Å². The maximum absolute atomic E-state index is 2.47. The number of para-hydroxylation sites is 1. The Kier molecular flexibility index (Phi) is 5.70. The highest BCUT2D eigenvalue weighted by atomic mass is 32.1. The highest BCUT2D eigenvalue weighted by molar-refractivity contribution is 7.26. The molecular formula is C42H33NS2. The molecule has 0 spiro atoms. The molecule has 8 aromatic rings. The molecule has 0 N–H and O–H groups in total. The second-order valence-corrected chi connectivity index (χ2v) is 15.6. The Morgan fingerprint density at radius 2 is 1.02 bits per heavy atom. The average Bonchev–Trinajstić information content (AvgIpc) is 3.62. The van der Waals surface area contributed by atoms with Crippen molar-refractivity contribution < 1.29 is 0 Å². The first-order valence-electron chi connectivity index (χ1n) is 15.7. The summed E-state index contributed by atoms with van der Waals surface area (Å²) < 4.78 is 5.40. The number of nitrogens with zero attached hydrogens (tertiary/aromatic N) is 1. The van der Waals surface area contributed by atoms with Gasteiger partial charge in [0.2, 0.25) is 0 Å². The number of fused-ring (bicyclic) bond motifs is 10. The zero-order valence-electron chi connectivity index (χ0n) is 25.9. The number of anilines is 3. The molecule has 218 valence electrons. The van der Waals surface area contributed by atoms with Gasteiger partial charge in [-0.05, 0) is 88.3 Å². The SMILES string of the molecule is CC1(C)c2cc(N(c3ccccc3)c3ccc4sc5ccccc5c4c3)ccc2-c2ccc3sc4ccccc4c3c2C1(C)C. The Morgan fingerprint density at radius 1 is 0.444 bits per heavy atom. The van der Waals surface area contributed by atoms with Crippen LogP contribution in [0.5, 0.6) is 0 Å². The van der Waals surface area contributed by atoms with Gasteiger partial charge >= 0.3 is 0 Å². The number of hydrogen-bond acceptors (Lipinski definition) is 3. The van der Waals surface area contributed by atoms with E-state index < -0.39 is 0 Å². The Hall–Kier alpha value is -4.44. The number of thiophene rings is 2. The van der Waals surface area contributed by atoms with Gasteiger partial charge in [-0.15, -0.1) is 22.7 Å². The fraction of sp³-hybridized carbons (Fsp3) is 0.143. The Labute approximate surface area is 272 Å². The zero-order chi connectivity index (χ0) is 30.5. The molecule has 1 nitrogen and oxygen atoms in total. The van der Waals surface area contributed by atoms with Gasteiger partial charge in [-0.1, -0.05) is 94.4 Å². The van der Waals surface area contributed by atoms with E-state index >= 15 is 0 Å². The minimum absolute atomic E-state index is 0.0939. The van der Waals surface area contributed by atoms with Crippen molar-refractivity contribution >= 4 is 80.1 Å². The van der Waals surface area contributed by atoms with Crippen molar-refractivity contribution in [2.24, 2.45) is 0 Å². The third kappa shape index (κ3) is 3.78. The molecule has 45 heavy (non-hydrogen) atoms. The predicted molar refractivity (Wildman–Crippen MR) is 198 cm³/mol. The lowest BCUT2D eigenvalue weighted by Gasteiger charge is -2.49. The van der Waals surface area contributed by atoms with Crippen LogP contribution in [0.1, 0.15) is 38.8 Å². The van der Waals surface area contributed by atoms with Crippen LogP contribution in [-0.2, 0) is 10.8 Å². The molecule has 0 aliphatic heterocycles. The van der Waals surface area contributed by atoms with Crippen LogP contribution < -0.4 is 4.90 Å². The maximum Gasteiger partial charge on any atom is 0.0468 e. The average molecular weight is 616 g/mol. The molecule has 9 rings (SSSR count). The minimum Gasteiger partial charge on any atom is -0.310 e. The van der Waals surface area contributed by atoms with Gasteiger partial charge in [-0.2, -0.15) is 0 Å². The van der Waals surface area contributed by atoms with E-state index in [0.29, 0.717) is 0 Å². The van der Waals surface area contributed by atoms with E-state index in [-0.39, 0.29) is 10.8 Å². The van der Waals surface area contributed by atoms with Gasteiger partial charge < -0.3 is 4.90 Å². The zero-order valence-corrected chi connectivity index (χ0v) is 27.5. The molecule has 0 bridgehead atoms.